The number of anilines is 2. The van der Waals surface area contributed by atoms with E-state index in [1.165, 1.54) is 25.7 Å². The molecule has 0 aromatic carbocycles. The fourth-order valence-electron chi connectivity index (χ4n) is 4.24. The highest BCUT2D eigenvalue weighted by Gasteiger charge is 2.41. The molecule has 0 amide bonds. The van der Waals surface area contributed by atoms with Crippen molar-refractivity contribution in [1.29, 1.82) is 0 Å². The first-order valence-electron chi connectivity index (χ1n) is 7.88. The quantitative estimate of drug-likeness (QED) is 0.884. The lowest BCUT2D eigenvalue weighted by Crippen LogP contribution is -2.30. The third-order valence-electron chi connectivity index (χ3n) is 5.29. The van der Waals surface area contributed by atoms with Crippen LogP contribution in [0.3, 0.4) is 0 Å². The Hall–Kier alpha value is -1.32. The van der Waals surface area contributed by atoms with E-state index >= 15 is 0 Å². The number of hydrogen-bond acceptors (Lipinski definition) is 4. The standard InChI is InChI=1S/C16H26N4/c1-9-15(17-4)19-11(3)20-16(9)18-10(2)14-8-12-5-6-13(14)7-12/h10,12-14H,5-8H2,1-4H3,(H2,17,18,19,20). The van der Waals surface area contributed by atoms with E-state index in [9.17, 15) is 0 Å². The van der Waals surface area contributed by atoms with Crippen LogP contribution in [0.1, 0.15) is 44.0 Å². The smallest absolute Gasteiger partial charge is 0.134 e. The fraction of sp³-hybridized carbons (Fsp3) is 0.750. The maximum Gasteiger partial charge on any atom is 0.134 e. The molecule has 2 bridgehead atoms. The van der Waals surface area contributed by atoms with Gasteiger partial charge in [0.15, 0.2) is 0 Å². The van der Waals surface area contributed by atoms with Crippen molar-refractivity contribution in [3.05, 3.63) is 11.4 Å². The molecule has 110 valence electrons. The minimum atomic E-state index is 0.503. The van der Waals surface area contributed by atoms with Crippen LogP contribution in [-0.2, 0) is 0 Å². The van der Waals surface area contributed by atoms with E-state index in [-0.39, 0.29) is 0 Å². The number of hydrogen-bond donors (Lipinski definition) is 2. The lowest BCUT2D eigenvalue weighted by Gasteiger charge is -2.29. The first-order valence-corrected chi connectivity index (χ1v) is 7.88. The maximum atomic E-state index is 4.59. The van der Waals surface area contributed by atoms with Crippen molar-refractivity contribution in [3.8, 4) is 0 Å². The van der Waals surface area contributed by atoms with Gasteiger partial charge in [0, 0.05) is 18.7 Å². The Bertz CT molecular complexity index is 499. The van der Waals surface area contributed by atoms with Crippen molar-refractivity contribution in [1.82, 2.24) is 9.97 Å². The highest BCUT2D eigenvalue weighted by Crippen LogP contribution is 2.49. The van der Waals surface area contributed by atoms with Crippen molar-refractivity contribution < 1.29 is 0 Å². The van der Waals surface area contributed by atoms with Crippen molar-refractivity contribution >= 4 is 11.6 Å². The number of aryl methyl sites for hydroxylation is 1. The van der Waals surface area contributed by atoms with Crippen molar-refractivity contribution in [2.75, 3.05) is 17.7 Å². The van der Waals surface area contributed by atoms with Crippen LogP contribution in [0.2, 0.25) is 0 Å². The van der Waals surface area contributed by atoms with Crippen molar-refractivity contribution in [2.24, 2.45) is 17.8 Å². The summed E-state index contributed by atoms with van der Waals surface area (Å²) in [4.78, 5) is 9.03. The molecule has 2 aliphatic rings. The van der Waals surface area contributed by atoms with Crippen LogP contribution in [-0.4, -0.2) is 23.1 Å². The van der Waals surface area contributed by atoms with Crippen LogP contribution in [0.15, 0.2) is 0 Å². The highest BCUT2D eigenvalue weighted by molar-refractivity contribution is 5.57. The van der Waals surface area contributed by atoms with Gasteiger partial charge in [0.2, 0.25) is 0 Å². The van der Waals surface area contributed by atoms with Crippen LogP contribution in [0, 0.1) is 31.6 Å². The summed E-state index contributed by atoms with van der Waals surface area (Å²) in [6, 6.07) is 0.503. The number of nitrogens with zero attached hydrogens (tertiary/aromatic N) is 2. The van der Waals surface area contributed by atoms with Gasteiger partial charge >= 0.3 is 0 Å². The summed E-state index contributed by atoms with van der Waals surface area (Å²) in [6.07, 6.45) is 5.76. The van der Waals surface area contributed by atoms with Gasteiger partial charge in [-0.3, -0.25) is 0 Å². The SMILES string of the molecule is CNc1nc(C)nc(NC(C)C2CC3CCC2C3)c1C. The third kappa shape index (κ3) is 2.36. The van der Waals surface area contributed by atoms with E-state index in [1.54, 1.807) is 0 Å². The normalized spacial score (nSPS) is 29.5. The Morgan fingerprint density at radius 3 is 2.45 bits per heavy atom. The Kier molecular flexibility index (Phi) is 3.57. The molecule has 1 aromatic heterocycles. The number of rotatable bonds is 4. The minimum absolute atomic E-state index is 0.503. The molecule has 2 saturated carbocycles. The van der Waals surface area contributed by atoms with E-state index in [4.69, 9.17) is 0 Å². The fourth-order valence-corrected chi connectivity index (χ4v) is 4.24. The lowest BCUT2D eigenvalue weighted by atomic mass is 9.84. The molecule has 0 spiro atoms. The zero-order chi connectivity index (χ0) is 14.3. The van der Waals surface area contributed by atoms with E-state index in [0.29, 0.717) is 6.04 Å². The van der Waals surface area contributed by atoms with Gasteiger partial charge < -0.3 is 10.6 Å². The van der Waals surface area contributed by atoms with Crippen LogP contribution < -0.4 is 10.6 Å². The summed E-state index contributed by atoms with van der Waals surface area (Å²) in [6.45, 7) is 6.36. The molecule has 0 radical (unpaired) electrons. The Morgan fingerprint density at radius 1 is 1.10 bits per heavy atom. The molecule has 2 N–H and O–H groups in total. The zero-order valence-corrected chi connectivity index (χ0v) is 13.0. The molecule has 20 heavy (non-hydrogen) atoms. The average Bonchev–Trinajstić information content (AvgIpc) is 3.04. The van der Waals surface area contributed by atoms with Crippen LogP contribution in [0.4, 0.5) is 11.6 Å². The molecule has 2 aliphatic carbocycles. The van der Waals surface area contributed by atoms with Gasteiger partial charge in [0.05, 0.1) is 0 Å². The van der Waals surface area contributed by atoms with Gasteiger partial charge in [-0.2, -0.15) is 0 Å². The number of aromatic nitrogens is 2. The van der Waals surface area contributed by atoms with Gasteiger partial charge in [-0.05, 0) is 57.8 Å². The third-order valence-corrected chi connectivity index (χ3v) is 5.29. The predicted octanol–water partition coefficient (Wildman–Crippen LogP) is 3.37. The highest BCUT2D eigenvalue weighted by atomic mass is 15.1. The van der Waals surface area contributed by atoms with Crippen molar-refractivity contribution in [3.63, 3.8) is 0 Å². The first kappa shape index (κ1) is 13.7. The van der Waals surface area contributed by atoms with Gasteiger partial charge in [-0.1, -0.05) is 6.42 Å². The summed E-state index contributed by atoms with van der Waals surface area (Å²) in [5.74, 6) is 5.51. The van der Waals surface area contributed by atoms with Crippen molar-refractivity contribution in [2.45, 2.75) is 52.5 Å². The molecule has 4 heteroatoms. The summed E-state index contributed by atoms with van der Waals surface area (Å²) < 4.78 is 0. The summed E-state index contributed by atoms with van der Waals surface area (Å²) in [5.41, 5.74) is 1.12. The summed E-state index contributed by atoms with van der Waals surface area (Å²) in [5, 5.41) is 6.82. The molecular formula is C16H26N4. The molecule has 4 unspecified atom stereocenters. The largest absolute Gasteiger partial charge is 0.373 e. The van der Waals surface area contributed by atoms with Crippen LogP contribution >= 0.6 is 0 Å². The van der Waals surface area contributed by atoms with Gasteiger partial charge in [-0.15, -0.1) is 0 Å². The van der Waals surface area contributed by atoms with E-state index in [0.717, 1.165) is 40.8 Å². The van der Waals surface area contributed by atoms with Gasteiger partial charge in [0.1, 0.15) is 17.5 Å². The zero-order valence-electron chi connectivity index (χ0n) is 13.0. The molecule has 1 heterocycles. The Labute approximate surface area is 121 Å². The second-order valence-corrected chi connectivity index (χ2v) is 6.61. The second kappa shape index (κ2) is 5.23. The molecular weight excluding hydrogens is 248 g/mol. The number of fused-ring (bicyclic) bond motifs is 2. The minimum Gasteiger partial charge on any atom is -0.373 e. The first-order chi connectivity index (χ1) is 9.58. The molecule has 2 fully saturated rings. The number of nitrogens with one attached hydrogen (secondary N) is 2. The van der Waals surface area contributed by atoms with Gasteiger partial charge in [0.25, 0.3) is 0 Å². The summed E-state index contributed by atoms with van der Waals surface area (Å²) >= 11 is 0. The average molecular weight is 274 g/mol. The molecule has 1 aromatic rings. The van der Waals surface area contributed by atoms with Gasteiger partial charge in [-0.25, -0.2) is 9.97 Å². The molecule has 0 saturated heterocycles. The topological polar surface area (TPSA) is 49.8 Å². The lowest BCUT2D eigenvalue weighted by molar-refractivity contribution is 0.304. The molecule has 3 rings (SSSR count). The van der Waals surface area contributed by atoms with Crippen LogP contribution in [0.5, 0.6) is 0 Å². The molecule has 0 aliphatic heterocycles. The Balaban J connectivity index is 1.76. The van der Waals surface area contributed by atoms with E-state index < -0.39 is 0 Å². The summed E-state index contributed by atoms with van der Waals surface area (Å²) in [7, 11) is 1.91. The van der Waals surface area contributed by atoms with E-state index in [1.807, 2.05) is 14.0 Å². The maximum absolute atomic E-state index is 4.59. The monoisotopic (exact) mass is 274 g/mol. The Morgan fingerprint density at radius 2 is 1.85 bits per heavy atom. The van der Waals surface area contributed by atoms with E-state index in [2.05, 4.69) is 34.4 Å². The molecule has 4 nitrogen and oxygen atoms in total. The predicted molar refractivity (Wildman–Crippen MR) is 83.1 cm³/mol. The second-order valence-electron chi connectivity index (χ2n) is 6.61. The van der Waals surface area contributed by atoms with Crippen LogP contribution in [0.25, 0.3) is 0 Å². The molecule has 4 atom stereocenters.